The fraction of sp³-hybridized carbons (Fsp3) is 0.800. The third kappa shape index (κ3) is 10.7. The Kier molecular flexibility index (Phi) is 4.71. The predicted molar refractivity (Wildman–Crippen MR) is 25.1 cm³/mol. The van der Waals surface area contributed by atoms with Crippen molar-refractivity contribution in [3.8, 4) is 0 Å². The van der Waals surface area contributed by atoms with Gasteiger partial charge in [0.05, 0.1) is 0 Å². The maximum atomic E-state index is 9.70. The molecule has 0 spiro atoms. The largest absolute Gasteiger partial charge is 0.290 e. The van der Waals surface area contributed by atoms with Crippen LogP contribution in [-0.2, 0) is 21.9 Å². The molecule has 1 nitrogen and oxygen atoms in total. The Morgan fingerprint density at radius 3 is 1.43 bits per heavy atom. The molecule has 0 aliphatic heterocycles. The van der Waals surface area contributed by atoms with E-state index in [4.69, 9.17) is 0 Å². The van der Waals surface area contributed by atoms with Crippen molar-refractivity contribution in [1.29, 1.82) is 0 Å². The summed E-state index contributed by atoms with van der Waals surface area (Å²) in [7, 11) is 0. The monoisotopic (exact) mass is 148 g/mol. The summed E-state index contributed by atoms with van der Waals surface area (Å²) in [4.78, 5) is 9.70. The first-order chi connectivity index (χ1) is 2.56. The molecule has 0 fully saturated rings. The van der Waals surface area contributed by atoms with E-state index in [1.54, 1.807) is 0 Å². The third-order valence-corrected chi connectivity index (χ3v) is 0.306. The van der Waals surface area contributed by atoms with E-state index in [-0.39, 0.29) is 22.5 Å². The van der Waals surface area contributed by atoms with Crippen molar-refractivity contribution in [2.24, 2.45) is 5.41 Å². The summed E-state index contributed by atoms with van der Waals surface area (Å²) in [6.07, 6.45) is 1.85. The molecule has 0 aliphatic carbocycles. The minimum atomic E-state index is -0.264. The van der Waals surface area contributed by atoms with Gasteiger partial charge < -0.3 is 0 Å². The molecule has 0 amide bonds. The molecule has 0 heterocycles. The van der Waals surface area contributed by atoms with Crippen LogP contribution in [0.1, 0.15) is 20.8 Å². The van der Waals surface area contributed by atoms with E-state index in [0.29, 0.717) is 0 Å². The van der Waals surface area contributed by atoms with Crippen molar-refractivity contribution < 1.29 is 21.9 Å². The molecular weight excluding hydrogens is 140 g/mol. The Labute approximate surface area is 55.0 Å². The molecule has 0 bridgehead atoms. The molecule has 0 aromatic heterocycles. The second-order valence-electron chi connectivity index (χ2n) is 2.35. The molecule has 0 N–H and O–H groups in total. The maximum absolute atomic E-state index is 9.70. The normalized spacial score (nSPS) is 9.57. The molecule has 0 aromatic carbocycles. The quantitative estimate of drug-likeness (QED) is 0.471. The first-order valence-corrected chi connectivity index (χ1v) is 1.95. The van der Waals surface area contributed by atoms with Crippen molar-refractivity contribution in [2.45, 2.75) is 20.8 Å². The van der Waals surface area contributed by atoms with Gasteiger partial charge in [-0.3, -0.25) is 4.79 Å². The van der Waals surface area contributed by atoms with E-state index in [1.807, 2.05) is 27.1 Å². The van der Waals surface area contributed by atoms with Crippen LogP contribution < -0.4 is 0 Å². The van der Waals surface area contributed by atoms with Crippen LogP contribution in [0.2, 0.25) is 0 Å². The van der Waals surface area contributed by atoms with E-state index >= 15 is 0 Å². The molecule has 0 saturated heterocycles. The average molecular weight is 149 g/mol. The van der Waals surface area contributed by atoms with Gasteiger partial charge in [0.15, 0.2) is 0 Å². The summed E-state index contributed by atoms with van der Waals surface area (Å²) in [5.74, 6) is 0. The first-order valence-electron chi connectivity index (χ1n) is 1.95. The van der Waals surface area contributed by atoms with Crippen LogP contribution >= 0.6 is 0 Å². The van der Waals surface area contributed by atoms with Crippen LogP contribution in [-0.4, -0.2) is 6.29 Å². The zero-order valence-electron chi connectivity index (χ0n) is 4.71. The van der Waals surface area contributed by atoms with Gasteiger partial charge >= 0.3 is 0 Å². The molecule has 2 heteroatoms. The van der Waals surface area contributed by atoms with Gasteiger partial charge in [-0.2, -0.15) is 0 Å². The molecule has 0 aliphatic rings. The standard InChI is InChI=1S/C5H9O.Cu/c1-5(2,3)4-6;/h1-3H3;. The Bertz CT molecular complexity index is 53.6. The fourth-order valence-electron chi connectivity index (χ4n) is 0. The number of carbonyl (C=O) groups excluding carboxylic acids is 1. The summed E-state index contributed by atoms with van der Waals surface area (Å²) in [6.45, 7) is 5.46. The molecular formula is C5H9CuO. The van der Waals surface area contributed by atoms with Gasteiger partial charge in [-0.15, -0.1) is 0 Å². The van der Waals surface area contributed by atoms with Gasteiger partial charge in [-0.1, -0.05) is 20.8 Å². The number of rotatable bonds is 0. The van der Waals surface area contributed by atoms with Gasteiger partial charge in [0.1, 0.15) is 0 Å². The average Bonchev–Trinajstić information content (AvgIpc) is 1.35. The number of hydrogen-bond acceptors (Lipinski definition) is 1. The van der Waals surface area contributed by atoms with Crippen LogP contribution in [0, 0.1) is 5.41 Å². The van der Waals surface area contributed by atoms with E-state index in [1.165, 1.54) is 0 Å². The van der Waals surface area contributed by atoms with Gasteiger partial charge in [-0.25, -0.2) is 0 Å². The Morgan fingerprint density at radius 1 is 1.29 bits per heavy atom. The summed E-state index contributed by atoms with van der Waals surface area (Å²) in [5, 5.41) is 0. The zero-order chi connectivity index (χ0) is 5.21. The molecule has 0 rings (SSSR count). The maximum Gasteiger partial charge on any atom is 0.204 e. The molecule has 0 atom stereocenters. The smallest absolute Gasteiger partial charge is 0.204 e. The summed E-state index contributed by atoms with van der Waals surface area (Å²) >= 11 is 0. The van der Waals surface area contributed by atoms with Gasteiger partial charge in [0.2, 0.25) is 6.29 Å². The van der Waals surface area contributed by atoms with Crippen molar-refractivity contribution >= 4 is 6.29 Å². The van der Waals surface area contributed by atoms with Crippen molar-refractivity contribution in [3.63, 3.8) is 0 Å². The minimum Gasteiger partial charge on any atom is -0.290 e. The Hall–Kier alpha value is 0.189. The van der Waals surface area contributed by atoms with Crippen LogP contribution in [0.15, 0.2) is 0 Å². The van der Waals surface area contributed by atoms with Crippen LogP contribution in [0.3, 0.4) is 0 Å². The molecule has 2 radical (unpaired) electrons. The van der Waals surface area contributed by atoms with Crippen molar-refractivity contribution in [1.82, 2.24) is 0 Å². The van der Waals surface area contributed by atoms with Gasteiger partial charge in [-0.05, 0) is 0 Å². The molecule has 0 saturated carbocycles. The minimum absolute atomic E-state index is 0. The Balaban J connectivity index is 0. The third-order valence-electron chi connectivity index (χ3n) is 0.306. The van der Waals surface area contributed by atoms with Crippen LogP contribution in [0.25, 0.3) is 0 Å². The summed E-state index contributed by atoms with van der Waals surface area (Å²) in [6, 6.07) is 0. The molecule has 0 unspecified atom stereocenters. The predicted octanol–water partition coefficient (Wildman–Crippen LogP) is 1.14. The van der Waals surface area contributed by atoms with E-state index in [0.717, 1.165) is 0 Å². The van der Waals surface area contributed by atoms with Crippen LogP contribution in [0.4, 0.5) is 0 Å². The fourth-order valence-corrected chi connectivity index (χ4v) is 0. The van der Waals surface area contributed by atoms with Gasteiger partial charge in [0.25, 0.3) is 0 Å². The second kappa shape index (κ2) is 3.22. The molecule has 0 aromatic rings. The SMILES string of the molecule is CC(C)(C)[C]=O.[Cu]. The summed E-state index contributed by atoms with van der Waals surface area (Å²) in [5.41, 5.74) is -0.264. The van der Waals surface area contributed by atoms with E-state index < -0.39 is 0 Å². The van der Waals surface area contributed by atoms with Crippen molar-refractivity contribution in [2.75, 3.05) is 0 Å². The Morgan fingerprint density at radius 2 is 1.43 bits per heavy atom. The van der Waals surface area contributed by atoms with Crippen molar-refractivity contribution in [3.05, 3.63) is 0 Å². The topological polar surface area (TPSA) is 17.1 Å². The first kappa shape index (κ1) is 10.2. The molecule has 7 heavy (non-hydrogen) atoms. The van der Waals surface area contributed by atoms with E-state index in [2.05, 4.69) is 0 Å². The van der Waals surface area contributed by atoms with E-state index in [9.17, 15) is 4.79 Å². The van der Waals surface area contributed by atoms with Crippen LogP contribution in [0.5, 0.6) is 0 Å². The second-order valence-corrected chi connectivity index (χ2v) is 2.35. The van der Waals surface area contributed by atoms with Gasteiger partial charge in [0, 0.05) is 22.5 Å². The summed E-state index contributed by atoms with van der Waals surface area (Å²) < 4.78 is 0. The number of hydrogen-bond donors (Lipinski definition) is 0. The molecule has 46 valence electrons. The zero-order valence-corrected chi connectivity index (χ0v) is 5.65.